The molecule has 0 bridgehead atoms. The molecule has 0 aromatic carbocycles. The number of hydrogen-bond acceptors (Lipinski definition) is 2. The van der Waals surface area contributed by atoms with Crippen LogP contribution in [0.4, 0.5) is 0 Å². The predicted molar refractivity (Wildman–Crippen MR) is 58.8 cm³/mol. The van der Waals surface area contributed by atoms with Crippen molar-refractivity contribution in [3.63, 3.8) is 0 Å². The Bertz CT molecular complexity index is 156. The quantitative estimate of drug-likeness (QED) is 0.439. The second-order valence-corrected chi connectivity index (χ2v) is 5.73. The van der Waals surface area contributed by atoms with Crippen molar-refractivity contribution in [2.75, 3.05) is 19.8 Å². The molecule has 0 fully saturated rings. The Morgan fingerprint density at radius 2 is 1.62 bits per heavy atom. The predicted octanol–water partition coefficient (Wildman–Crippen LogP) is 2.16. The lowest BCUT2D eigenvalue weighted by Gasteiger charge is -2.19. The van der Waals surface area contributed by atoms with Crippen LogP contribution in [0.5, 0.6) is 0 Å². The molecule has 0 saturated heterocycles. The van der Waals surface area contributed by atoms with E-state index >= 15 is 0 Å². The normalized spacial score (nSPS) is 10.8. The number of rotatable bonds is 8. The first kappa shape index (κ1) is 12.4. The zero-order valence-corrected chi connectivity index (χ0v) is 9.29. The molecule has 0 amide bonds. The molecule has 2 nitrogen and oxygen atoms in total. The summed E-state index contributed by atoms with van der Waals surface area (Å²) in [7, 11) is -2.06. The third kappa shape index (κ3) is 4.22. The van der Waals surface area contributed by atoms with Gasteiger partial charge < -0.3 is 9.16 Å². The van der Waals surface area contributed by atoms with Crippen molar-refractivity contribution in [1.29, 1.82) is 0 Å². The Morgan fingerprint density at radius 1 is 1.08 bits per heavy atom. The van der Waals surface area contributed by atoms with Gasteiger partial charge in [0.05, 0.1) is 13.2 Å². The van der Waals surface area contributed by atoms with Crippen LogP contribution in [-0.2, 0) is 9.16 Å². The molecule has 0 aliphatic heterocycles. The molecule has 3 heteroatoms. The van der Waals surface area contributed by atoms with Gasteiger partial charge in [-0.15, -0.1) is 19.7 Å². The van der Waals surface area contributed by atoms with E-state index in [1.807, 2.05) is 6.92 Å². The van der Waals surface area contributed by atoms with E-state index in [4.69, 9.17) is 9.16 Å². The molecule has 0 aromatic rings. The van der Waals surface area contributed by atoms with Gasteiger partial charge in [0.15, 0.2) is 0 Å². The van der Waals surface area contributed by atoms with E-state index < -0.39 is 8.32 Å². The highest BCUT2D eigenvalue weighted by Gasteiger charge is 2.22. The number of ether oxygens (including phenoxy) is 1. The summed E-state index contributed by atoms with van der Waals surface area (Å²) in [6, 6.07) is 0. The Hall–Kier alpha value is -0.643. The average molecular weight is 198 g/mol. The minimum atomic E-state index is -2.06. The lowest BCUT2D eigenvalue weighted by atomic mass is 10.8. The summed E-state index contributed by atoms with van der Waals surface area (Å²) in [4.78, 5) is 0. The summed E-state index contributed by atoms with van der Waals surface area (Å²) in [5.41, 5.74) is 5.41. The Balaban J connectivity index is 3.89. The van der Waals surface area contributed by atoms with Gasteiger partial charge >= 0.3 is 0 Å². The van der Waals surface area contributed by atoms with Gasteiger partial charge in [0, 0.05) is 6.61 Å². The zero-order valence-electron chi connectivity index (χ0n) is 8.29. The van der Waals surface area contributed by atoms with Crippen LogP contribution in [0, 0.1) is 0 Å². The first-order chi connectivity index (χ1) is 6.24. The van der Waals surface area contributed by atoms with Gasteiger partial charge in [0.1, 0.15) is 0 Å². The minimum absolute atomic E-state index is 0.574. The molecule has 0 heterocycles. The van der Waals surface area contributed by atoms with E-state index in [2.05, 4.69) is 19.7 Å². The van der Waals surface area contributed by atoms with E-state index in [0.29, 0.717) is 19.8 Å². The fourth-order valence-corrected chi connectivity index (χ4v) is 2.14. The van der Waals surface area contributed by atoms with Crippen molar-refractivity contribution >= 4 is 8.32 Å². The van der Waals surface area contributed by atoms with E-state index in [-0.39, 0.29) is 0 Å². The summed E-state index contributed by atoms with van der Waals surface area (Å²) in [5, 5.41) is 0. The van der Waals surface area contributed by atoms with Crippen molar-refractivity contribution in [3.05, 3.63) is 36.8 Å². The van der Waals surface area contributed by atoms with E-state index in [9.17, 15) is 0 Å². The monoisotopic (exact) mass is 198 g/mol. The zero-order chi connectivity index (χ0) is 10.2. The van der Waals surface area contributed by atoms with Crippen molar-refractivity contribution in [3.8, 4) is 0 Å². The SMILES string of the molecule is C=C[Si](C=C)(C=C)OCCOCC. The molecule has 0 spiro atoms. The van der Waals surface area contributed by atoms with Crippen LogP contribution in [0.15, 0.2) is 36.8 Å². The molecule has 0 aromatic heterocycles. The lowest BCUT2D eigenvalue weighted by Crippen LogP contribution is -2.33. The number of hydrogen-bond donors (Lipinski definition) is 0. The summed E-state index contributed by atoms with van der Waals surface area (Å²) in [6.45, 7) is 15.0. The van der Waals surface area contributed by atoms with Crippen LogP contribution < -0.4 is 0 Å². The largest absolute Gasteiger partial charge is 0.403 e. The lowest BCUT2D eigenvalue weighted by molar-refractivity contribution is 0.109. The topological polar surface area (TPSA) is 18.5 Å². The molecule has 0 aliphatic carbocycles. The van der Waals surface area contributed by atoms with Crippen LogP contribution in [0.25, 0.3) is 0 Å². The third-order valence-corrected chi connectivity index (χ3v) is 4.36. The second kappa shape index (κ2) is 6.83. The van der Waals surface area contributed by atoms with E-state index in [1.54, 1.807) is 17.1 Å². The van der Waals surface area contributed by atoms with Crippen molar-refractivity contribution in [1.82, 2.24) is 0 Å². The molecular formula is C10H18O2Si. The molecule has 74 valence electrons. The molecule has 13 heavy (non-hydrogen) atoms. The standard InChI is InChI=1S/C10H18O2Si/c1-5-11-9-10-12-13(6-2,7-3)8-4/h6-8H,2-5,9-10H2,1H3. The second-order valence-electron chi connectivity index (χ2n) is 2.51. The summed E-state index contributed by atoms with van der Waals surface area (Å²) >= 11 is 0. The van der Waals surface area contributed by atoms with Gasteiger partial charge in [-0.25, -0.2) is 0 Å². The molecule has 0 aliphatic rings. The Morgan fingerprint density at radius 3 is 2.00 bits per heavy atom. The molecule has 0 rings (SSSR count). The van der Waals surface area contributed by atoms with Crippen LogP contribution in [0.3, 0.4) is 0 Å². The highest BCUT2D eigenvalue weighted by atomic mass is 28.4. The molecule has 0 atom stereocenters. The molecule has 0 N–H and O–H groups in total. The first-order valence-corrected chi connectivity index (χ1v) is 6.51. The van der Waals surface area contributed by atoms with E-state index in [0.717, 1.165) is 0 Å². The fraction of sp³-hybridized carbons (Fsp3) is 0.400. The van der Waals surface area contributed by atoms with Gasteiger partial charge in [-0.05, 0) is 6.92 Å². The summed E-state index contributed by atoms with van der Waals surface area (Å²) in [6.07, 6.45) is 0. The highest BCUT2D eigenvalue weighted by Crippen LogP contribution is 2.08. The molecule has 0 saturated carbocycles. The van der Waals surface area contributed by atoms with Gasteiger partial charge in [0.2, 0.25) is 0 Å². The molecule has 0 radical (unpaired) electrons. The van der Waals surface area contributed by atoms with Crippen molar-refractivity contribution in [2.45, 2.75) is 6.92 Å². The van der Waals surface area contributed by atoms with Crippen LogP contribution in [0.1, 0.15) is 6.92 Å². The fourth-order valence-electron chi connectivity index (χ4n) is 0.848. The van der Waals surface area contributed by atoms with Gasteiger partial charge in [0.25, 0.3) is 8.32 Å². The van der Waals surface area contributed by atoms with Crippen LogP contribution in [-0.4, -0.2) is 28.1 Å². The van der Waals surface area contributed by atoms with Crippen molar-refractivity contribution in [2.24, 2.45) is 0 Å². The van der Waals surface area contributed by atoms with Crippen molar-refractivity contribution < 1.29 is 9.16 Å². The highest BCUT2D eigenvalue weighted by molar-refractivity contribution is 6.87. The molecule has 0 unspecified atom stereocenters. The Labute approximate surface area is 81.7 Å². The van der Waals surface area contributed by atoms with Crippen LogP contribution >= 0.6 is 0 Å². The van der Waals surface area contributed by atoms with E-state index in [1.165, 1.54) is 0 Å². The van der Waals surface area contributed by atoms with Gasteiger partial charge in [-0.1, -0.05) is 17.1 Å². The summed E-state index contributed by atoms with van der Waals surface area (Å²) < 4.78 is 10.8. The van der Waals surface area contributed by atoms with Crippen LogP contribution in [0.2, 0.25) is 0 Å². The minimum Gasteiger partial charge on any atom is -0.403 e. The average Bonchev–Trinajstić information content (AvgIpc) is 2.20. The summed E-state index contributed by atoms with van der Waals surface area (Å²) in [5.74, 6) is 0. The Kier molecular flexibility index (Phi) is 6.49. The van der Waals surface area contributed by atoms with Gasteiger partial charge in [-0.3, -0.25) is 0 Å². The maximum Gasteiger partial charge on any atom is 0.264 e. The third-order valence-electron chi connectivity index (χ3n) is 1.74. The maximum absolute atomic E-state index is 5.64. The maximum atomic E-state index is 5.64. The van der Waals surface area contributed by atoms with Gasteiger partial charge in [-0.2, -0.15) is 0 Å². The molecular weight excluding hydrogens is 180 g/mol. The first-order valence-electron chi connectivity index (χ1n) is 4.37. The smallest absolute Gasteiger partial charge is 0.264 e.